The van der Waals surface area contributed by atoms with Crippen LogP contribution in [0.3, 0.4) is 0 Å². The maximum Gasteiger partial charge on any atom is 0.303 e. The molecular formula is C26H35ClN6O2S. The first kappa shape index (κ1) is 26.6. The Bertz CT molecular complexity index is 1170. The highest BCUT2D eigenvalue weighted by atomic mass is 35.5. The highest BCUT2D eigenvalue weighted by molar-refractivity contribution is 7.87. The van der Waals surface area contributed by atoms with Crippen molar-refractivity contribution >= 4 is 33.5 Å². The second-order valence-electron chi connectivity index (χ2n) is 9.22. The molecule has 2 aromatic carbocycles. The van der Waals surface area contributed by atoms with E-state index in [2.05, 4.69) is 28.8 Å². The number of rotatable bonds is 7. The van der Waals surface area contributed by atoms with E-state index >= 15 is 0 Å². The molecule has 1 atom stereocenters. The van der Waals surface area contributed by atoms with Crippen molar-refractivity contribution in [3.05, 3.63) is 70.7 Å². The number of hydrogen-bond donors (Lipinski definition) is 1. The maximum atomic E-state index is 13.2. The molecule has 1 saturated heterocycles. The fraction of sp³-hybridized carbons (Fsp3) is 0.462. The summed E-state index contributed by atoms with van der Waals surface area (Å²) >= 11 is 6.15. The van der Waals surface area contributed by atoms with E-state index in [0.717, 1.165) is 42.8 Å². The lowest BCUT2D eigenvalue weighted by Crippen LogP contribution is -2.49. The summed E-state index contributed by atoms with van der Waals surface area (Å²) in [5, 5.41) is 7.32. The van der Waals surface area contributed by atoms with E-state index in [-0.39, 0.29) is 17.9 Å². The fourth-order valence-electron chi connectivity index (χ4n) is 4.65. The minimum atomic E-state index is -3.78. The third-order valence-corrected chi connectivity index (χ3v) is 8.65. The van der Waals surface area contributed by atoms with Crippen molar-refractivity contribution in [1.82, 2.24) is 18.9 Å². The maximum absolute atomic E-state index is 13.2. The van der Waals surface area contributed by atoms with Crippen LogP contribution in [0.4, 0.5) is 0 Å². The number of aliphatic imine (C=N–C) groups is 1. The molecule has 0 radical (unpaired) electrons. The van der Waals surface area contributed by atoms with Gasteiger partial charge in [-0.25, -0.2) is 14.7 Å². The molecule has 2 aromatic rings. The highest BCUT2D eigenvalue weighted by Crippen LogP contribution is 2.30. The van der Waals surface area contributed by atoms with Crippen molar-refractivity contribution in [2.45, 2.75) is 38.6 Å². The van der Waals surface area contributed by atoms with E-state index in [0.29, 0.717) is 24.7 Å². The minimum absolute atomic E-state index is 0.0283. The molecular weight excluding hydrogens is 496 g/mol. The van der Waals surface area contributed by atoms with Crippen molar-refractivity contribution in [2.75, 3.05) is 39.8 Å². The van der Waals surface area contributed by atoms with Gasteiger partial charge in [-0.05, 0) is 56.2 Å². The minimum Gasteiger partial charge on any atom is -0.306 e. The first-order chi connectivity index (χ1) is 17.3. The molecule has 2 aliphatic heterocycles. The second-order valence-corrected chi connectivity index (χ2v) is 11.3. The second kappa shape index (κ2) is 11.7. The third kappa shape index (κ3) is 6.26. The molecule has 4 rings (SSSR count). The number of hydrazone groups is 1. The summed E-state index contributed by atoms with van der Waals surface area (Å²) in [5.74, 6) is 0.231. The van der Waals surface area contributed by atoms with Gasteiger partial charge in [0.2, 0.25) is 5.96 Å². The van der Waals surface area contributed by atoms with Gasteiger partial charge in [0, 0.05) is 24.0 Å². The molecule has 0 spiro atoms. The van der Waals surface area contributed by atoms with Crippen molar-refractivity contribution in [3.63, 3.8) is 0 Å². The molecule has 0 aromatic heterocycles. The van der Waals surface area contributed by atoms with Crippen LogP contribution in [0.25, 0.3) is 0 Å². The summed E-state index contributed by atoms with van der Waals surface area (Å²) < 4.78 is 30.6. The standard InChI is InChI=1S/C26H35ClN6O2S/c1-4-32(5-2)36(34,35)30-26(28-23-15-17-31(3)18-16-23)33-19-24(20-9-7-6-8-10-20)25(29-33)21-11-13-22(27)14-12-21/h6-14,23-24H,4-5,15-19H2,1-3H3,(H,28,30). The summed E-state index contributed by atoms with van der Waals surface area (Å²) in [7, 11) is -1.68. The van der Waals surface area contributed by atoms with Crippen molar-refractivity contribution in [1.29, 1.82) is 0 Å². The molecule has 36 heavy (non-hydrogen) atoms. The van der Waals surface area contributed by atoms with Gasteiger partial charge in [0.05, 0.1) is 18.3 Å². The van der Waals surface area contributed by atoms with E-state index in [1.165, 1.54) is 4.31 Å². The zero-order valence-electron chi connectivity index (χ0n) is 21.1. The first-order valence-electron chi connectivity index (χ1n) is 12.5. The Morgan fingerprint density at radius 2 is 1.72 bits per heavy atom. The molecule has 0 bridgehead atoms. The number of hydrogen-bond acceptors (Lipinski definition) is 5. The van der Waals surface area contributed by atoms with Gasteiger partial charge in [0.15, 0.2) is 0 Å². The van der Waals surface area contributed by atoms with Crippen LogP contribution in [0.1, 0.15) is 43.7 Å². The Morgan fingerprint density at radius 1 is 1.08 bits per heavy atom. The first-order valence-corrected chi connectivity index (χ1v) is 14.3. The zero-order chi connectivity index (χ0) is 25.7. The van der Waals surface area contributed by atoms with E-state index in [9.17, 15) is 8.42 Å². The average Bonchev–Trinajstić information content (AvgIpc) is 3.32. The van der Waals surface area contributed by atoms with Gasteiger partial charge in [-0.1, -0.05) is 67.9 Å². The monoisotopic (exact) mass is 530 g/mol. The number of benzene rings is 2. The molecule has 2 heterocycles. The summed E-state index contributed by atoms with van der Waals surface area (Å²) in [6, 6.07) is 17.8. The lowest BCUT2D eigenvalue weighted by atomic mass is 9.91. The molecule has 1 N–H and O–H groups in total. The molecule has 8 nitrogen and oxygen atoms in total. The van der Waals surface area contributed by atoms with Gasteiger partial charge in [-0.3, -0.25) is 0 Å². The number of piperidine rings is 1. The smallest absolute Gasteiger partial charge is 0.303 e. The van der Waals surface area contributed by atoms with Gasteiger partial charge < -0.3 is 4.90 Å². The highest BCUT2D eigenvalue weighted by Gasteiger charge is 2.34. The van der Waals surface area contributed by atoms with Crippen LogP contribution in [0.15, 0.2) is 64.7 Å². The van der Waals surface area contributed by atoms with Crippen molar-refractivity contribution in [2.24, 2.45) is 10.1 Å². The number of guanidine groups is 1. The Morgan fingerprint density at radius 3 is 2.33 bits per heavy atom. The Labute approximate surface area is 219 Å². The van der Waals surface area contributed by atoms with Gasteiger partial charge in [-0.15, -0.1) is 0 Å². The fourth-order valence-corrected chi connectivity index (χ4v) is 5.97. The van der Waals surface area contributed by atoms with Gasteiger partial charge in [0.25, 0.3) is 0 Å². The van der Waals surface area contributed by atoms with Crippen LogP contribution in [0.2, 0.25) is 5.02 Å². The molecule has 2 aliphatic rings. The van der Waals surface area contributed by atoms with Gasteiger partial charge >= 0.3 is 10.2 Å². The summed E-state index contributed by atoms with van der Waals surface area (Å²) in [4.78, 5) is 7.20. The predicted molar refractivity (Wildman–Crippen MR) is 147 cm³/mol. The summed E-state index contributed by atoms with van der Waals surface area (Å²) in [6.07, 6.45) is 1.74. The van der Waals surface area contributed by atoms with Crippen LogP contribution in [-0.4, -0.2) is 80.1 Å². The molecule has 10 heteroatoms. The normalized spacial score (nSPS) is 20.1. The van der Waals surface area contributed by atoms with Gasteiger partial charge in [-0.2, -0.15) is 17.8 Å². The third-order valence-electron chi connectivity index (χ3n) is 6.76. The zero-order valence-corrected chi connectivity index (χ0v) is 22.7. The van der Waals surface area contributed by atoms with Crippen LogP contribution < -0.4 is 4.72 Å². The van der Waals surface area contributed by atoms with E-state index in [1.54, 1.807) is 5.01 Å². The predicted octanol–water partition coefficient (Wildman–Crippen LogP) is 3.77. The van der Waals surface area contributed by atoms with Crippen LogP contribution in [0.5, 0.6) is 0 Å². The van der Waals surface area contributed by atoms with E-state index in [4.69, 9.17) is 21.7 Å². The van der Waals surface area contributed by atoms with Crippen molar-refractivity contribution < 1.29 is 8.42 Å². The SMILES string of the molecule is CCN(CC)S(=O)(=O)NC(=NC1CCN(C)CC1)N1CC(c2ccccc2)C(c2ccc(Cl)cc2)=N1. The summed E-state index contributed by atoms with van der Waals surface area (Å²) in [6.45, 7) is 6.74. The molecule has 194 valence electrons. The Balaban J connectivity index is 1.73. The molecule has 0 amide bonds. The van der Waals surface area contributed by atoms with E-state index in [1.807, 2.05) is 56.3 Å². The van der Waals surface area contributed by atoms with Crippen molar-refractivity contribution in [3.8, 4) is 0 Å². The molecule has 0 saturated carbocycles. The largest absolute Gasteiger partial charge is 0.306 e. The quantitative estimate of drug-likeness (QED) is 0.436. The number of likely N-dealkylation sites (tertiary alicyclic amines) is 1. The lowest BCUT2D eigenvalue weighted by molar-refractivity contribution is 0.255. The van der Waals surface area contributed by atoms with Crippen LogP contribution in [0, 0.1) is 0 Å². The lowest BCUT2D eigenvalue weighted by Gasteiger charge is -2.29. The summed E-state index contributed by atoms with van der Waals surface area (Å²) in [5.41, 5.74) is 2.91. The molecule has 1 fully saturated rings. The molecule has 1 unspecified atom stereocenters. The topological polar surface area (TPSA) is 80.6 Å². The van der Waals surface area contributed by atoms with E-state index < -0.39 is 10.2 Å². The number of nitrogens with one attached hydrogen (secondary N) is 1. The Kier molecular flexibility index (Phi) is 8.66. The Hall–Kier alpha value is -2.46. The van der Waals surface area contributed by atoms with Gasteiger partial charge in [0.1, 0.15) is 0 Å². The number of nitrogens with zero attached hydrogens (tertiary/aromatic N) is 5. The van der Waals surface area contributed by atoms with Crippen LogP contribution >= 0.6 is 11.6 Å². The van der Waals surface area contributed by atoms with Crippen LogP contribution in [-0.2, 0) is 10.2 Å². The molecule has 0 aliphatic carbocycles. The average molecular weight is 531 g/mol. The number of halogens is 1.